The van der Waals surface area contributed by atoms with E-state index in [1.807, 2.05) is 6.92 Å². The van der Waals surface area contributed by atoms with Crippen LogP contribution in [0.1, 0.15) is 36.6 Å². The number of hydrogen-bond donors (Lipinski definition) is 1. The molecule has 0 aliphatic rings. The van der Waals surface area contributed by atoms with Crippen molar-refractivity contribution >= 4 is 11.3 Å². The third-order valence-corrected chi connectivity index (χ3v) is 3.31. The van der Waals surface area contributed by atoms with Gasteiger partial charge in [-0.15, -0.1) is 11.3 Å². The summed E-state index contributed by atoms with van der Waals surface area (Å²) in [6.07, 6.45) is -2.20. The summed E-state index contributed by atoms with van der Waals surface area (Å²) < 4.78 is 36.7. The molecular weight excluding hydrogens is 227 g/mol. The molecular formula is C9H12F3NOS. The van der Waals surface area contributed by atoms with Crippen LogP contribution in [0.15, 0.2) is 6.20 Å². The molecule has 0 aliphatic heterocycles. The molecule has 1 unspecified atom stereocenters. The predicted molar refractivity (Wildman–Crippen MR) is 51.6 cm³/mol. The van der Waals surface area contributed by atoms with E-state index in [0.717, 1.165) is 6.20 Å². The highest BCUT2D eigenvalue weighted by molar-refractivity contribution is 7.11. The lowest BCUT2D eigenvalue weighted by Crippen LogP contribution is -2.18. The Labute approximate surface area is 89.8 Å². The van der Waals surface area contributed by atoms with Crippen molar-refractivity contribution in [2.75, 3.05) is 0 Å². The van der Waals surface area contributed by atoms with E-state index in [1.54, 1.807) is 0 Å². The molecule has 0 spiro atoms. The van der Waals surface area contributed by atoms with Crippen molar-refractivity contribution in [3.05, 3.63) is 16.1 Å². The molecule has 1 heterocycles. The number of aromatic nitrogens is 1. The van der Waals surface area contributed by atoms with Gasteiger partial charge in [-0.3, -0.25) is 0 Å². The van der Waals surface area contributed by atoms with Gasteiger partial charge in [0.1, 0.15) is 0 Å². The van der Waals surface area contributed by atoms with Crippen LogP contribution in [-0.4, -0.2) is 10.1 Å². The van der Waals surface area contributed by atoms with Crippen LogP contribution in [0.25, 0.3) is 0 Å². The highest BCUT2D eigenvalue weighted by atomic mass is 32.1. The number of halogens is 3. The van der Waals surface area contributed by atoms with Crippen molar-refractivity contribution in [1.82, 2.24) is 4.98 Å². The van der Waals surface area contributed by atoms with Crippen LogP contribution in [0.5, 0.6) is 0 Å². The van der Waals surface area contributed by atoms with Gasteiger partial charge in [-0.1, -0.05) is 13.3 Å². The number of alkyl halides is 3. The summed E-state index contributed by atoms with van der Waals surface area (Å²) in [7, 11) is 0. The number of hydrogen-bond acceptors (Lipinski definition) is 3. The van der Waals surface area contributed by atoms with E-state index in [4.69, 9.17) is 0 Å². The summed E-state index contributed by atoms with van der Waals surface area (Å²) in [5, 5.41) is 8.96. The number of aliphatic hydroxyl groups is 1. The summed E-state index contributed by atoms with van der Waals surface area (Å²) in [6.45, 7) is 3.37. The van der Waals surface area contributed by atoms with Crippen molar-refractivity contribution in [3.63, 3.8) is 0 Å². The molecule has 1 atom stereocenters. The van der Waals surface area contributed by atoms with Gasteiger partial charge in [0.2, 0.25) is 0 Å². The van der Waals surface area contributed by atoms with Crippen molar-refractivity contribution in [2.45, 2.75) is 38.5 Å². The van der Waals surface area contributed by atoms with Crippen LogP contribution in [0, 0.1) is 0 Å². The molecule has 0 saturated heterocycles. The second kappa shape index (κ2) is 4.09. The minimum atomic E-state index is -4.43. The topological polar surface area (TPSA) is 33.1 Å². The average Bonchev–Trinajstić information content (AvgIpc) is 2.50. The second-order valence-corrected chi connectivity index (χ2v) is 4.58. The minimum absolute atomic E-state index is 0.261. The molecule has 0 fully saturated rings. The van der Waals surface area contributed by atoms with Crippen molar-refractivity contribution in [3.8, 4) is 0 Å². The lowest BCUT2D eigenvalue weighted by Gasteiger charge is -2.19. The minimum Gasteiger partial charge on any atom is -0.385 e. The second-order valence-electron chi connectivity index (χ2n) is 3.55. The fraction of sp³-hybridized carbons (Fsp3) is 0.667. The quantitative estimate of drug-likeness (QED) is 0.878. The fourth-order valence-electron chi connectivity index (χ4n) is 1.26. The molecule has 0 aliphatic carbocycles. The first-order valence-corrected chi connectivity index (χ1v) is 5.35. The Morgan fingerprint density at radius 2 is 2.07 bits per heavy atom. The SMILES string of the molecule is CCCC(C)(O)c1cnc(C(F)(F)F)s1. The van der Waals surface area contributed by atoms with Crippen molar-refractivity contribution in [2.24, 2.45) is 0 Å². The molecule has 1 aromatic heterocycles. The van der Waals surface area contributed by atoms with E-state index in [2.05, 4.69) is 4.98 Å². The molecule has 15 heavy (non-hydrogen) atoms. The summed E-state index contributed by atoms with van der Waals surface area (Å²) in [5.41, 5.74) is -1.21. The van der Waals surface area contributed by atoms with Gasteiger partial charge in [0.15, 0.2) is 5.01 Å². The maximum atomic E-state index is 12.2. The van der Waals surface area contributed by atoms with E-state index >= 15 is 0 Å². The first kappa shape index (κ1) is 12.4. The first-order valence-electron chi connectivity index (χ1n) is 4.53. The van der Waals surface area contributed by atoms with Gasteiger partial charge in [0, 0.05) is 6.20 Å². The van der Waals surface area contributed by atoms with E-state index in [9.17, 15) is 18.3 Å². The Bertz CT molecular complexity index is 332. The molecule has 0 radical (unpaired) electrons. The van der Waals surface area contributed by atoms with Gasteiger partial charge in [-0.25, -0.2) is 4.98 Å². The maximum Gasteiger partial charge on any atom is 0.443 e. The smallest absolute Gasteiger partial charge is 0.385 e. The third-order valence-electron chi connectivity index (χ3n) is 2.02. The molecule has 0 bridgehead atoms. The van der Waals surface area contributed by atoms with E-state index in [1.165, 1.54) is 6.92 Å². The van der Waals surface area contributed by atoms with Gasteiger partial charge in [-0.05, 0) is 13.3 Å². The third kappa shape index (κ3) is 2.92. The van der Waals surface area contributed by atoms with Crippen LogP contribution in [0.4, 0.5) is 13.2 Å². The number of thiazole rings is 1. The fourth-order valence-corrected chi connectivity index (χ4v) is 2.12. The van der Waals surface area contributed by atoms with Gasteiger partial charge >= 0.3 is 6.18 Å². The summed E-state index contributed by atoms with van der Waals surface area (Å²) >= 11 is 0.501. The highest BCUT2D eigenvalue weighted by Gasteiger charge is 2.36. The van der Waals surface area contributed by atoms with E-state index in [0.29, 0.717) is 24.2 Å². The molecule has 6 heteroatoms. The van der Waals surface area contributed by atoms with Crippen molar-refractivity contribution in [1.29, 1.82) is 0 Å². The largest absolute Gasteiger partial charge is 0.443 e. The summed E-state index contributed by atoms with van der Waals surface area (Å²) in [4.78, 5) is 3.53. The Balaban J connectivity index is 2.94. The monoisotopic (exact) mass is 239 g/mol. The Hall–Kier alpha value is -0.620. The van der Waals surface area contributed by atoms with E-state index < -0.39 is 16.8 Å². The average molecular weight is 239 g/mol. The van der Waals surface area contributed by atoms with Gasteiger partial charge in [-0.2, -0.15) is 13.2 Å². The zero-order valence-corrected chi connectivity index (χ0v) is 9.24. The van der Waals surface area contributed by atoms with Crippen LogP contribution in [0.3, 0.4) is 0 Å². The van der Waals surface area contributed by atoms with Gasteiger partial charge in [0.05, 0.1) is 10.5 Å². The zero-order chi connectivity index (χ0) is 11.7. The molecule has 0 saturated carbocycles. The maximum absolute atomic E-state index is 12.2. The van der Waals surface area contributed by atoms with Crippen molar-refractivity contribution < 1.29 is 18.3 Å². The first-order chi connectivity index (χ1) is 6.77. The predicted octanol–water partition coefficient (Wildman–Crippen LogP) is 3.17. The molecule has 1 rings (SSSR count). The Kier molecular flexibility index (Phi) is 3.40. The Morgan fingerprint density at radius 1 is 1.47 bits per heavy atom. The number of nitrogens with zero attached hydrogens (tertiary/aromatic N) is 1. The van der Waals surface area contributed by atoms with Gasteiger partial charge in [0.25, 0.3) is 0 Å². The molecule has 0 amide bonds. The zero-order valence-electron chi connectivity index (χ0n) is 8.43. The van der Waals surface area contributed by atoms with Crippen LogP contribution >= 0.6 is 11.3 Å². The van der Waals surface area contributed by atoms with Gasteiger partial charge < -0.3 is 5.11 Å². The lowest BCUT2D eigenvalue weighted by molar-refractivity contribution is -0.137. The number of rotatable bonds is 3. The van der Waals surface area contributed by atoms with E-state index in [-0.39, 0.29) is 4.88 Å². The van der Waals surface area contributed by atoms with Crippen LogP contribution in [0.2, 0.25) is 0 Å². The van der Waals surface area contributed by atoms with Crippen LogP contribution < -0.4 is 0 Å². The summed E-state index contributed by atoms with van der Waals surface area (Å²) in [5.74, 6) is 0. The van der Waals surface area contributed by atoms with Crippen LogP contribution in [-0.2, 0) is 11.8 Å². The highest BCUT2D eigenvalue weighted by Crippen LogP contribution is 2.37. The normalized spacial score (nSPS) is 16.4. The molecule has 1 aromatic rings. The molecule has 2 nitrogen and oxygen atoms in total. The standard InChI is InChI=1S/C9H12F3NOS/c1-3-4-8(2,14)6-5-13-7(15-6)9(10,11)12/h5,14H,3-4H2,1-2H3. The molecule has 86 valence electrons. The molecule has 1 N–H and O–H groups in total. The molecule has 0 aromatic carbocycles. The summed E-state index contributed by atoms with van der Waals surface area (Å²) in [6, 6.07) is 0. The lowest BCUT2D eigenvalue weighted by atomic mass is 10.00. The Morgan fingerprint density at radius 3 is 2.47 bits per heavy atom.